The highest BCUT2D eigenvalue weighted by Crippen LogP contribution is 2.43. The Balaban J connectivity index is 2.15. The number of ether oxygens (including phenoxy) is 2. The molecule has 1 atom stereocenters. The van der Waals surface area contributed by atoms with Gasteiger partial charge in [-0.2, -0.15) is 0 Å². The second-order valence-corrected chi connectivity index (χ2v) is 8.00. The molecular formula is C21H20ClN4O4S+. The molecule has 10 heteroatoms. The Morgan fingerprint density at radius 2 is 2.00 bits per heavy atom. The number of nitrogens with zero attached hydrogens (tertiary/aromatic N) is 3. The number of fused-ring (bicyclic) bond motifs is 3. The Hall–Kier alpha value is -3.04. The lowest BCUT2D eigenvalue weighted by molar-refractivity contribution is -0.763. The summed E-state index contributed by atoms with van der Waals surface area (Å²) < 4.78 is 12.6. The van der Waals surface area contributed by atoms with Gasteiger partial charge in [0.05, 0.1) is 31.0 Å². The van der Waals surface area contributed by atoms with Crippen LogP contribution in [0.1, 0.15) is 18.7 Å². The van der Waals surface area contributed by atoms with Crippen LogP contribution in [0.5, 0.6) is 11.5 Å². The van der Waals surface area contributed by atoms with Crippen LogP contribution in [-0.4, -0.2) is 36.5 Å². The Bertz CT molecular complexity index is 1250. The highest BCUT2D eigenvalue weighted by molar-refractivity contribution is 7.98. The van der Waals surface area contributed by atoms with Crippen molar-refractivity contribution in [2.75, 3.05) is 25.4 Å². The number of amides is 1. The molecule has 0 unspecified atom stereocenters. The average molecular weight is 460 g/mol. The van der Waals surface area contributed by atoms with E-state index in [0.717, 1.165) is 0 Å². The third kappa shape index (κ3) is 3.43. The summed E-state index contributed by atoms with van der Waals surface area (Å²) in [6.45, 7) is 1.46. The zero-order chi connectivity index (χ0) is 22.3. The molecule has 0 saturated heterocycles. The maximum Gasteiger partial charge on any atom is 0.325 e. The van der Waals surface area contributed by atoms with Gasteiger partial charge in [0.2, 0.25) is 11.1 Å². The van der Waals surface area contributed by atoms with Crippen molar-refractivity contribution in [1.82, 2.24) is 10.1 Å². The van der Waals surface area contributed by atoms with Crippen molar-refractivity contribution in [2.45, 2.75) is 18.2 Å². The van der Waals surface area contributed by atoms with E-state index in [1.165, 1.54) is 32.9 Å². The van der Waals surface area contributed by atoms with E-state index in [0.29, 0.717) is 44.2 Å². The van der Waals surface area contributed by atoms with Crippen molar-refractivity contribution in [3.8, 4) is 22.8 Å². The summed E-state index contributed by atoms with van der Waals surface area (Å²) >= 11 is 7.67. The van der Waals surface area contributed by atoms with Gasteiger partial charge in [0.25, 0.3) is 6.17 Å². The molecule has 160 valence electrons. The number of benzene rings is 2. The normalized spacial score (nSPS) is 14.6. The van der Waals surface area contributed by atoms with Crippen LogP contribution < -0.4 is 24.6 Å². The first-order valence-corrected chi connectivity index (χ1v) is 10.9. The molecule has 3 aromatic rings. The van der Waals surface area contributed by atoms with Gasteiger partial charge < -0.3 is 9.47 Å². The largest absolute Gasteiger partial charge is 0.493 e. The molecule has 0 radical (unpaired) electrons. The fourth-order valence-corrected chi connectivity index (χ4v) is 4.42. The number of thioether (sulfide) groups is 1. The zero-order valence-corrected chi connectivity index (χ0v) is 18.9. The third-order valence-corrected chi connectivity index (χ3v) is 5.83. The molecule has 2 heterocycles. The summed E-state index contributed by atoms with van der Waals surface area (Å²) in [5.41, 5.74) is 1.74. The summed E-state index contributed by atoms with van der Waals surface area (Å²) in [6.07, 6.45) is 0.987. The van der Waals surface area contributed by atoms with E-state index < -0.39 is 6.17 Å². The van der Waals surface area contributed by atoms with Crippen molar-refractivity contribution in [3.63, 3.8) is 0 Å². The number of halogens is 1. The summed E-state index contributed by atoms with van der Waals surface area (Å²) in [4.78, 5) is 30.4. The number of H-pyrrole nitrogens is 1. The number of nitrogens with one attached hydrogen (secondary N) is 1. The minimum atomic E-state index is -0.821. The van der Waals surface area contributed by atoms with Gasteiger partial charge >= 0.3 is 11.3 Å². The van der Waals surface area contributed by atoms with Crippen LogP contribution in [0.25, 0.3) is 11.3 Å². The Labute approximate surface area is 187 Å². The molecule has 31 heavy (non-hydrogen) atoms. The number of aromatic amines is 1. The first kappa shape index (κ1) is 21.2. The number of hydrogen-bond acceptors (Lipinski definition) is 6. The van der Waals surface area contributed by atoms with Gasteiger partial charge in [0.15, 0.2) is 11.5 Å². The molecule has 8 nitrogen and oxygen atoms in total. The summed E-state index contributed by atoms with van der Waals surface area (Å²) in [6, 6.07) is 10.5. The van der Waals surface area contributed by atoms with E-state index >= 15 is 0 Å². The zero-order valence-electron chi connectivity index (χ0n) is 17.3. The molecule has 1 aromatic heterocycles. The van der Waals surface area contributed by atoms with Crippen LogP contribution >= 0.6 is 23.4 Å². The first-order valence-electron chi connectivity index (χ1n) is 9.32. The van der Waals surface area contributed by atoms with E-state index in [1.54, 1.807) is 33.8 Å². The van der Waals surface area contributed by atoms with E-state index in [1.807, 2.05) is 18.4 Å². The lowest BCUT2D eigenvalue weighted by Gasteiger charge is -2.32. The highest BCUT2D eigenvalue weighted by atomic mass is 35.5. The average Bonchev–Trinajstić information content (AvgIpc) is 2.76. The summed E-state index contributed by atoms with van der Waals surface area (Å²) in [5, 5.41) is 5.44. The quantitative estimate of drug-likeness (QED) is 0.476. The molecule has 0 saturated carbocycles. The molecule has 0 spiro atoms. The SMILES string of the molecule is COc1cc(Cl)cc([C@@H]2N(C(C)=O)c3ccccc3-c3c(=O)[nH]c(SC)n[n+]32)c1OC. The highest BCUT2D eigenvalue weighted by Gasteiger charge is 2.46. The maximum atomic E-state index is 13.1. The number of hydrogen-bond donors (Lipinski definition) is 1. The minimum absolute atomic E-state index is 0.232. The monoisotopic (exact) mass is 459 g/mol. The number of rotatable bonds is 4. The maximum absolute atomic E-state index is 13.1. The van der Waals surface area contributed by atoms with E-state index in [-0.39, 0.29) is 11.5 Å². The van der Waals surface area contributed by atoms with Crippen molar-refractivity contribution >= 4 is 35.0 Å². The molecule has 0 bridgehead atoms. The minimum Gasteiger partial charge on any atom is -0.493 e. The molecule has 1 N–H and O–H groups in total. The molecule has 1 aliphatic rings. The summed E-state index contributed by atoms with van der Waals surface area (Å²) in [7, 11) is 3.01. The van der Waals surface area contributed by atoms with E-state index in [4.69, 9.17) is 21.1 Å². The van der Waals surface area contributed by atoms with Crippen molar-refractivity contribution in [2.24, 2.45) is 0 Å². The van der Waals surface area contributed by atoms with Gasteiger partial charge in [-0.05, 0) is 29.1 Å². The van der Waals surface area contributed by atoms with Crippen LogP contribution in [0.15, 0.2) is 46.3 Å². The van der Waals surface area contributed by atoms with Gasteiger partial charge in [-0.25, -0.2) is 4.90 Å². The number of methoxy groups -OCH3 is 2. The Morgan fingerprint density at radius 1 is 1.26 bits per heavy atom. The molecule has 0 fully saturated rings. The van der Waals surface area contributed by atoms with Gasteiger partial charge in [0, 0.05) is 23.1 Å². The molecule has 1 aliphatic heterocycles. The fraction of sp³-hybridized carbons (Fsp3) is 0.238. The van der Waals surface area contributed by atoms with Crippen molar-refractivity contribution in [1.29, 1.82) is 0 Å². The topological polar surface area (TPSA) is 88.4 Å². The number of carbonyl (C=O) groups excluding carboxylic acids is 1. The van der Waals surface area contributed by atoms with Crippen molar-refractivity contribution < 1.29 is 19.0 Å². The second-order valence-electron chi connectivity index (χ2n) is 6.77. The third-order valence-electron chi connectivity index (χ3n) is 5.04. The standard InChI is InChI=1S/C21H19ClN4O4S/c1-11(27)25-15-8-6-5-7-13(15)17-19(28)23-21(31-4)24-26(17)20(25)14-9-12(22)10-16(29-2)18(14)30-3/h5-10,20H,1-4H3/p+1/t20-/m1/s1. The predicted molar refractivity (Wildman–Crippen MR) is 118 cm³/mol. The molecule has 1 amide bonds. The van der Waals surface area contributed by atoms with Gasteiger partial charge in [0.1, 0.15) is 0 Å². The Morgan fingerprint density at radius 3 is 2.65 bits per heavy atom. The van der Waals surface area contributed by atoms with Gasteiger partial charge in [-0.15, -0.1) is 0 Å². The van der Waals surface area contributed by atoms with Crippen LogP contribution in [-0.2, 0) is 4.79 Å². The van der Waals surface area contributed by atoms with Crippen LogP contribution in [0.4, 0.5) is 5.69 Å². The first-order chi connectivity index (χ1) is 14.9. The van der Waals surface area contributed by atoms with Crippen molar-refractivity contribution in [3.05, 3.63) is 57.3 Å². The molecule has 0 aliphatic carbocycles. The predicted octanol–water partition coefficient (Wildman–Crippen LogP) is 3.03. The summed E-state index contributed by atoms with van der Waals surface area (Å²) in [5.74, 6) is 0.572. The lowest BCUT2D eigenvalue weighted by Crippen LogP contribution is -2.60. The van der Waals surface area contributed by atoms with E-state index in [2.05, 4.69) is 10.1 Å². The number of anilines is 1. The number of carbonyl (C=O) groups is 1. The van der Waals surface area contributed by atoms with Crippen LogP contribution in [0.2, 0.25) is 5.02 Å². The second kappa shape index (κ2) is 8.24. The van der Waals surface area contributed by atoms with E-state index in [9.17, 15) is 9.59 Å². The Kier molecular flexibility index (Phi) is 5.63. The molecule has 4 rings (SSSR count). The number of para-hydroxylation sites is 1. The smallest absolute Gasteiger partial charge is 0.325 e. The van der Waals surface area contributed by atoms with Crippen LogP contribution in [0, 0.1) is 0 Å². The van der Waals surface area contributed by atoms with Gasteiger partial charge in [-0.1, -0.05) is 35.5 Å². The van der Waals surface area contributed by atoms with Crippen LogP contribution in [0.3, 0.4) is 0 Å². The molecular weight excluding hydrogens is 440 g/mol. The lowest BCUT2D eigenvalue weighted by atomic mass is 10.0. The number of aromatic nitrogens is 3. The fourth-order valence-electron chi connectivity index (χ4n) is 3.84. The molecule has 2 aromatic carbocycles. The van der Waals surface area contributed by atoms with Gasteiger partial charge in [-0.3, -0.25) is 14.6 Å².